The van der Waals surface area contributed by atoms with Crippen LogP contribution in [0.25, 0.3) is 6.08 Å². The summed E-state index contributed by atoms with van der Waals surface area (Å²) in [6.07, 6.45) is -3.19. The van der Waals surface area contributed by atoms with Gasteiger partial charge >= 0.3 is 6.18 Å². The molecule has 3 aromatic rings. The number of alkyl halides is 3. The lowest BCUT2D eigenvalue weighted by molar-refractivity contribution is -0.384. The molecule has 0 aromatic heterocycles. The topological polar surface area (TPSA) is 119 Å². The lowest BCUT2D eigenvalue weighted by Gasteiger charge is -2.13. The highest BCUT2D eigenvalue weighted by Gasteiger charge is 2.36. The average molecular weight is 592 g/mol. The van der Waals surface area contributed by atoms with E-state index in [2.05, 4.69) is 5.32 Å². The number of carbonyl (C=O) groups excluding carboxylic acids is 3. The Labute approximate surface area is 233 Å². The first-order valence-corrected chi connectivity index (χ1v) is 12.5. The summed E-state index contributed by atoms with van der Waals surface area (Å²) >= 11 is 6.89. The van der Waals surface area contributed by atoms with Gasteiger partial charge in [-0.3, -0.25) is 29.4 Å². The van der Waals surface area contributed by atoms with E-state index in [1.54, 1.807) is 24.3 Å². The van der Waals surface area contributed by atoms with Gasteiger partial charge in [0.2, 0.25) is 5.91 Å². The SMILES string of the molecule is O=C(CN1C(=O)S/C(=C\c2ccc(OCc3ccc([N+](=O)[O-])cc3)c(Cl)c2)C1=O)Nc1cccc(C(F)(F)F)c1. The predicted octanol–water partition coefficient (Wildman–Crippen LogP) is 6.52. The Morgan fingerprint density at radius 3 is 2.48 bits per heavy atom. The second kappa shape index (κ2) is 11.8. The first-order chi connectivity index (χ1) is 18.9. The normalized spacial score (nSPS) is 14.5. The van der Waals surface area contributed by atoms with E-state index in [0.29, 0.717) is 33.5 Å². The van der Waals surface area contributed by atoms with Crippen LogP contribution < -0.4 is 10.1 Å². The molecule has 0 saturated carbocycles. The Balaban J connectivity index is 1.38. The number of hydrogen-bond donors (Lipinski definition) is 1. The number of nitrogens with zero attached hydrogens (tertiary/aromatic N) is 2. The van der Waals surface area contributed by atoms with Crippen molar-refractivity contribution in [3.05, 3.63) is 103 Å². The number of benzene rings is 3. The molecule has 1 aliphatic rings. The van der Waals surface area contributed by atoms with Crippen LogP contribution in [0, 0.1) is 10.1 Å². The Kier molecular flexibility index (Phi) is 8.45. The van der Waals surface area contributed by atoms with Crippen molar-refractivity contribution in [2.75, 3.05) is 11.9 Å². The molecular weight excluding hydrogens is 575 g/mol. The lowest BCUT2D eigenvalue weighted by atomic mass is 10.2. The summed E-state index contributed by atoms with van der Waals surface area (Å²) in [7, 11) is 0. The third kappa shape index (κ3) is 6.98. The standard InChI is InChI=1S/C26H17ClF3N3O6S/c27-20-10-16(6-9-21(20)39-14-15-4-7-19(8-5-15)33(37)38)11-22-24(35)32(25(36)40-22)13-23(34)31-18-3-1-2-17(12-18)26(28,29)30/h1-12H,13-14H2,(H,31,34)/b22-11-. The summed E-state index contributed by atoms with van der Waals surface area (Å²) in [5.41, 5.74) is 0.00343. The molecule has 3 aromatic carbocycles. The molecule has 0 spiro atoms. The number of halogens is 4. The van der Waals surface area contributed by atoms with Gasteiger partial charge in [0.25, 0.3) is 16.8 Å². The molecule has 1 saturated heterocycles. The van der Waals surface area contributed by atoms with Crippen molar-refractivity contribution in [1.82, 2.24) is 4.90 Å². The molecule has 9 nitrogen and oxygen atoms in total. The van der Waals surface area contributed by atoms with Gasteiger partial charge in [0.05, 0.1) is 20.4 Å². The molecule has 4 rings (SSSR count). The zero-order valence-corrected chi connectivity index (χ0v) is 21.7. The van der Waals surface area contributed by atoms with Crippen LogP contribution in [0.3, 0.4) is 0 Å². The second-order valence-corrected chi connectivity index (χ2v) is 9.70. The molecule has 1 fully saturated rings. The molecule has 1 heterocycles. The number of thioether (sulfide) groups is 1. The second-order valence-electron chi connectivity index (χ2n) is 8.30. The van der Waals surface area contributed by atoms with Gasteiger partial charge in [0.1, 0.15) is 18.9 Å². The summed E-state index contributed by atoms with van der Waals surface area (Å²) in [6, 6.07) is 14.4. The van der Waals surface area contributed by atoms with Crippen LogP contribution in [-0.4, -0.2) is 33.4 Å². The quantitative estimate of drug-likeness (QED) is 0.180. The number of imide groups is 1. The number of hydrogen-bond acceptors (Lipinski definition) is 7. The molecular formula is C26H17ClF3N3O6S. The van der Waals surface area contributed by atoms with Gasteiger partial charge in [-0.05, 0) is 71.4 Å². The van der Waals surface area contributed by atoms with Gasteiger partial charge in [-0.25, -0.2) is 0 Å². The fourth-order valence-corrected chi connectivity index (χ4v) is 4.59. The van der Waals surface area contributed by atoms with E-state index in [1.165, 1.54) is 30.3 Å². The van der Waals surface area contributed by atoms with Gasteiger partial charge in [0.15, 0.2) is 0 Å². The van der Waals surface area contributed by atoms with E-state index >= 15 is 0 Å². The number of non-ortho nitro benzene ring substituents is 1. The van der Waals surface area contributed by atoms with Crippen LogP contribution in [-0.2, 0) is 22.4 Å². The van der Waals surface area contributed by atoms with Crippen molar-refractivity contribution in [1.29, 1.82) is 0 Å². The smallest absolute Gasteiger partial charge is 0.416 e. The van der Waals surface area contributed by atoms with E-state index in [1.807, 2.05) is 0 Å². The van der Waals surface area contributed by atoms with Crippen LogP contribution in [0.5, 0.6) is 5.75 Å². The highest BCUT2D eigenvalue weighted by molar-refractivity contribution is 8.18. The van der Waals surface area contributed by atoms with Crippen molar-refractivity contribution in [2.45, 2.75) is 12.8 Å². The van der Waals surface area contributed by atoms with Crippen molar-refractivity contribution < 1.29 is 37.2 Å². The third-order valence-corrected chi connectivity index (χ3v) is 6.65. The molecule has 14 heteroatoms. The van der Waals surface area contributed by atoms with Crippen LogP contribution in [0.1, 0.15) is 16.7 Å². The summed E-state index contributed by atoms with van der Waals surface area (Å²) in [4.78, 5) is 48.4. The van der Waals surface area contributed by atoms with Gasteiger partial charge in [0, 0.05) is 17.8 Å². The van der Waals surface area contributed by atoms with Gasteiger partial charge < -0.3 is 10.1 Å². The van der Waals surface area contributed by atoms with Crippen molar-refractivity contribution in [3.8, 4) is 5.75 Å². The maximum Gasteiger partial charge on any atom is 0.416 e. The number of ether oxygens (including phenoxy) is 1. The number of rotatable bonds is 8. The predicted molar refractivity (Wildman–Crippen MR) is 142 cm³/mol. The number of carbonyl (C=O) groups is 3. The maximum atomic E-state index is 12.9. The summed E-state index contributed by atoms with van der Waals surface area (Å²) in [6.45, 7) is -0.590. The maximum absolute atomic E-state index is 12.9. The number of nitro groups is 1. The highest BCUT2D eigenvalue weighted by atomic mass is 35.5. The molecule has 0 unspecified atom stereocenters. The fourth-order valence-electron chi connectivity index (χ4n) is 3.50. The van der Waals surface area contributed by atoms with E-state index in [4.69, 9.17) is 16.3 Å². The molecule has 40 heavy (non-hydrogen) atoms. The van der Waals surface area contributed by atoms with Crippen molar-refractivity contribution >= 4 is 57.9 Å². The van der Waals surface area contributed by atoms with Gasteiger partial charge in [-0.15, -0.1) is 0 Å². The van der Waals surface area contributed by atoms with Gasteiger partial charge in [-0.2, -0.15) is 13.2 Å². The van der Waals surface area contributed by atoms with Gasteiger partial charge in [-0.1, -0.05) is 23.7 Å². The van der Waals surface area contributed by atoms with E-state index < -0.39 is 40.3 Å². The number of nitrogens with one attached hydrogen (secondary N) is 1. The van der Waals surface area contributed by atoms with Crippen LogP contribution in [0.4, 0.5) is 29.3 Å². The molecule has 0 bridgehead atoms. The molecule has 1 N–H and O–H groups in total. The van der Waals surface area contributed by atoms with E-state index in [0.717, 1.165) is 18.2 Å². The Bertz CT molecular complexity index is 1530. The lowest BCUT2D eigenvalue weighted by Crippen LogP contribution is -2.36. The zero-order chi connectivity index (χ0) is 29.0. The minimum absolute atomic E-state index is 0.0208. The third-order valence-electron chi connectivity index (χ3n) is 5.44. The summed E-state index contributed by atoms with van der Waals surface area (Å²) in [5, 5.41) is 12.5. The minimum Gasteiger partial charge on any atom is -0.487 e. The molecule has 206 valence electrons. The van der Waals surface area contributed by atoms with Crippen LogP contribution in [0.15, 0.2) is 71.6 Å². The van der Waals surface area contributed by atoms with Crippen LogP contribution in [0.2, 0.25) is 5.02 Å². The first kappa shape index (κ1) is 28.6. The monoisotopic (exact) mass is 591 g/mol. The number of amides is 3. The average Bonchev–Trinajstić information content (AvgIpc) is 3.15. The summed E-state index contributed by atoms with van der Waals surface area (Å²) < 4.78 is 44.3. The van der Waals surface area contributed by atoms with E-state index in [9.17, 15) is 37.7 Å². The Morgan fingerprint density at radius 2 is 1.82 bits per heavy atom. The minimum atomic E-state index is -4.60. The molecule has 3 amide bonds. The Morgan fingerprint density at radius 1 is 1.10 bits per heavy atom. The molecule has 1 aliphatic heterocycles. The van der Waals surface area contributed by atoms with Crippen molar-refractivity contribution in [2.24, 2.45) is 0 Å². The molecule has 0 aliphatic carbocycles. The number of nitro benzene ring substituents is 1. The van der Waals surface area contributed by atoms with E-state index in [-0.39, 0.29) is 27.9 Å². The largest absolute Gasteiger partial charge is 0.487 e. The fraction of sp³-hybridized carbons (Fsp3) is 0.115. The van der Waals surface area contributed by atoms with Crippen molar-refractivity contribution in [3.63, 3.8) is 0 Å². The molecule has 0 atom stereocenters. The van der Waals surface area contributed by atoms with Crippen LogP contribution >= 0.6 is 23.4 Å². The highest BCUT2D eigenvalue weighted by Crippen LogP contribution is 2.34. The zero-order valence-electron chi connectivity index (χ0n) is 20.1. The Hall–Kier alpha value is -4.36. The number of anilines is 1. The molecule has 0 radical (unpaired) electrons. The summed E-state index contributed by atoms with van der Waals surface area (Å²) in [5.74, 6) is -1.28. The first-order valence-electron chi connectivity index (χ1n) is 11.3.